The number of methoxy groups -OCH3 is 1. The molecule has 0 unspecified atom stereocenters. The summed E-state index contributed by atoms with van der Waals surface area (Å²) in [6.07, 6.45) is 0.951. The van der Waals surface area contributed by atoms with Crippen LogP contribution in [0.15, 0.2) is 18.2 Å². The summed E-state index contributed by atoms with van der Waals surface area (Å²) in [6, 6.07) is 5.35. The third-order valence-electron chi connectivity index (χ3n) is 3.38. The van der Waals surface area contributed by atoms with E-state index in [1.54, 1.807) is 6.07 Å². The largest absolute Gasteiger partial charge is 0.504 e. The molecule has 0 radical (unpaired) electrons. The van der Waals surface area contributed by atoms with Crippen LogP contribution in [-0.4, -0.2) is 49.2 Å². The highest BCUT2D eigenvalue weighted by Crippen LogP contribution is 2.30. The number of phenolic OH excluding ortho intramolecular Hbond substituents is 1. The Bertz CT molecular complexity index is 442. The van der Waals surface area contributed by atoms with Crippen molar-refractivity contribution in [2.24, 2.45) is 0 Å². The zero-order chi connectivity index (χ0) is 13.7. The van der Waals surface area contributed by atoms with Gasteiger partial charge in [-0.2, -0.15) is 0 Å². The van der Waals surface area contributed by atoms with Crippen LogP contribution in [0.1, 0.15) is 12.0 Å². The molecule has 1 saturated heterocycles. The Balaban J connectivity index is 1.93. The number of rotatable bonds is 4. The molecule has 0 saturated carbocycles. The molecule has 104 valence electrons. The van der Waals surface area contributed by atoms with Crippen LogP contribution < -0.4 is 10.1 Å². The number of hydrogen-bond donors (Lipinski definition) is 2. The van der Waals surface area contributed by atoms with E-state index in [1.165, 1.54) is 7.11 Å². The van der Waals surface area contributed by atoms with E-state index in [1.807, 2.05) is 17.0 Å². The molecule has 1 aliphatic rings. The minimum Gasteiger partial charge on any atom is -0.504 e. The number of aryl methyl sites for hydroxylation is 1. The molecule has 5 nitrogen and oxygen atoms in total. The molecule has 0 atom stereocenters. The first-order valence-corrected chi connectivity index (χ1v) is 6.55. The molecule has 1 aliphatic heterocycles. The van der Waals surface area contributed by atoms with Gasteiger partial charge in [-0.05, 0) is 18.1 Å². The summed E-state index contributed by atoms with van der Waals surface area (Å²) in [5, 5.41) is 13.2. The summed E-state index contributed by atoms with van der Waals surface area (Å²) < 4.78 is 5.06. The second-order valence-corrected chi connectivity index (χ2v) is 4.60. The Kier molecular flexibility index (Phi) is 4.63. The van der Waals surface area contributed by atoms with Gasteiger partial charge in [-0.25, -0.2) is 0 Å². The van der Waals surface area contributed by atoms with Crippen molar-refractivity contribution in [2.45, 2.75) is 12.8 Å². The Morgan fingerprint density at radius 2 is 2.16 bits per heavy atom. The van der Waals surface area contributed by atoms with Gasteiger partial charge in [0.05, 0.1) is 7.11 Å². The van der Waals surface area contributed by atoms with E-state index in [-0.39, 0.29) is 11.7 Å². The minimum atomic E-state index is 0.137. The molecule has 1 fully saturated rings. The van der Waals surface area contributed by atoms with Crippen LogP contribution in [0.25, 0.3) is 0 Å². The summed E-state index contributed by atoms with van der Waals surface area (Å²) in [7, 11) is 1.52. The minimum absolute atomic E-state index is 0.137. The molecule has 1 amide bonds. The van der Waals surface area contributed by atoms with Crippen molar-refractivity contribution in [2.75, 3.05) is 33.3 Å². The topological polar surface area (TPSA) is 61.8 Å². The number of aromatic hydroxyl groups is 1. The highest BCUT2D eigenvalue weighted by molar-refractivity contribution is 5.76. The number of carbonyl (C=O) groups is 1. The van der Waals surface area contributed by atoms with Gasteiger partial charge in [0.2, 0.25) is 5.91 Å². The summed E-state index contributed by atoms with van der Waals surface area (Å²) in [6.45, 7) is 3.25. The number of nitrogens with one attached hydrogen (secondary N) is 1. The van der Waals surface area contributed by atoms with Crippen molar-refractivity contribution < 1.29 is 14.6 Å². The van der Waals surface area contributed by atoms with Crippen LogP contribution >= 0.6 is 0 Å². The van der Waals surface area contributed by atoms with Crippen molar-refractivity contribution in [1.29, 1.82) is 0 Å². The number of piperazine rings is 1. The highest BCUT2D eigenvalue weighted by Gasteiger charge is 2.16. The van der Waals surface area contributed by atoms with E-state index < -0.39 is 0 Å². The van der Waals surface area contributed by atoms with Gasteiger partial charge in [-0.15, -0.1) is 0 Å². The van der Waals surface area contributed by atoms with Gasteiger partial charge in [-0.3, -0.25) is 4.79 Å². The lowest BCUT2D eigenvalue weighted by Crippen LogP contribution is -2.46. The van der Waals surface area contributed by atoms with Gasteiger partial charge in [0, 0.05) is 32.6 Å². The van der Waals surface area contributed by atoms with E-state index in [0.717, 1.165) is 31.7 Å². The molecular formula is C14H20N2O3. The maximum absolute atomic E-state index is 12.0. The second-order valence-electron chi connectivity index (χ2n) is 4.60. The van der Waals surface area contributed by atoms with E-state index in [0.29, 0.717) is 18.6 Å². The van der Waals surface area contributed by atoms with Crippen LogP contribution in [0, 0.1) is 0 Å². The molecule has 1 aromatic rings. The average Bonchev–Trinajstić information content (AvgIpc) is 2.47. The Morgan fingerprint density at radius 1 is 1.42 bits per heavy atom. The fourth-order valence-electron chi connectivity index (χ4n) is 2.25. The molecule has 0 aliphatic carbocycles. The fourth-order valence-corrected chi connectivity index (χ4v) is 2.25. The van der Waals surface area contributed by atoms with Crippen molar-refractivity contribution >= 4 is 5.91 Å². The normalized spacial score (nSPS) is 15.3. The quantitative estimate of drug-likeness (QED) is 0.843. The molecular weight excluding hydrogens is 244 g/mol. The Labute approximate surface area is 113 Å². The van der Waals surface area contributed by atoms with E-state index in [9.17, 15) is 9.90 Å². The molecule has 2 N–H and O–H groups in total. The summed E-state index contributed by atoms with van der Waals surface area (Å²) in [5.74, 6) is 0.731. The third-order valence-corrected chi connectivity index (χ3v) is 3.38. The van der Waals surface area contributed by atoms with Crippen LogP contribution in [0.3, 0.4) is 0 Å². The lowest BCUT2D eigenvalue weighted by Gasteiger charge is -2.27. The first-order chi connectivity index (χ1) is 9.22. The van der Waals surface area contributed by atoms with E-state index in [4.69, 9.17) is 4.74 Å². The van der Waals surface area contributed by atoms with E-state index >= 15 is 0 Å². The second kappa shape index (κ2) is 6.43. The first kappa shape index (κ1) is 13.7. The zero-order valence-electron chi connectivity index (χ0n) is 11.2. The number of phenols is 1. The van der Waals surface area contributed by atoms with Gasteiger partial charge in [-0.1, -0.05) is 12.1 Å². The van der Waals surface area contributed by atoms with Gasteiger partial charge in [0.15, 0.2) is 11.5 Å². The third kappa shape index (κ3) is 3.38. The molecule has 1 heterocycles. The van der Waals surface area contributed by atoms with Gasteiger partial charge in [0.25, 0.3) is 0 Å². The number of hydrogen-bond acceptors (Lipinski definition) is 4. The summed E-state index contributed by atoms with van der Waals surface area (Å²) in [5.41, 5.74) is 0.753. The van der Waals surface area contributed by atoms with Gasteiger partial charge in [0.1, 0.15) is 0 Å². The highest BCUT2D eigenvalue weighted by atomic mass is 16.5. The maximum Gasteiger partial charge on any atom is 0.222 e. The predicted molar refractivity (Wildman–Crippen MR) is 72.4 cm³/mol. The van der Waals surface area contributed by atoms with Crippen LogP contribution in [0.5, 0.6) is 11.5 Å². The standard InChI is InChI=1S/C14H20N2O3/c1-19-12-4-2-3-11(14(12)18)5-6-13(17)16-9-7-15-8-10-16/h2-4,15,18H,5-10H2,1H3. The van der Waals surface area contributed by atoms with Crippen LogP contribution in [0.2, 0.25) is 0 Å². The van der Waals surface area contributed by atoms with Crippen molar-refractivity contribution in [3.8, 4) is 11.5 Å². The molecule has 5 heteroatoms. The smallest absolute Gasteiger partial charge is 0.222 e. The molecule has 1 aromatic carbocycles. The molecule has 0 spiro atoms. The monoisotopic (exact) mass is 264 g/mol. The molecule has 0 bridgehead atoms. The number of carbonyl (C=O) groups excluding carboxylic acids is 1. The number of ether oxygens (including phenoxy) is 1. The summed E-state index contributed by atoms with van der Waals surface area (Å²) in [4.78, 5) is 13.9. The molecule has 2 rings (SSSR count). The maximum atomic E-state index is 12.0. The number of amides is 1. The lowest BCUT2D eigenvalue weighted by molar-refractivity contribution is -0.131. The molecule has 19 heavy (non-hydrogen) atoms. The fraction of sp³-hybridized carbons (Fsp3) is 0.500. The number of nitrogens with zero attached hydrogens (tertiary/aromatic N) is 1. The van der Waals surface area contributed by atoms with Crippen molar-refractivity contribution in [3.63, 3.8) is 0 Å². The number of benzene rings is 1. The Hall–Kier alpha value is -1.75. The zero-order valence-corrected chi connectivity index (χ0v) is 11.2. The predicted octanol–water partition coefficient (Wildman–Crippen LogP) is 0.765. The average molecular weight is 264 g/mol. The van der Waals surface area contributed by atoms with Crippen LogP contribution in [0.4, 0.5) is 0 Å². The van der Waals surface area contributed by atoms with E-state index in [2.05, 4.69) is 5.32 Å². The Morgan fingerprint density at radius 3 is 2.84 bits per heavy atom. The van der Waals surface area contributed by atoms with Crippen molar-refractivity contribution in [3.05, 3.63) is 23.8 Å². The number of para-hydroxylation sites is 1. The SMILES string of the molecule is COc1cccc(CCC(=O)N2CCNCC2)c1O. The van der Waals surface area contributed by atoms with Gasteiger partial charge < -0.3 is 20.1 Å². The first-order valence-electron chi connectivity index (χ1n) is 6.55. The lowest BCUT2D eigenvalue weighted by atomic mass is 10.1. The van der Waals surface area contributed by atoms with Gasteiger partial charge >= 0.3 is 0 Å². The van der Waals surface area contributed by atoms with Crippen LogP contribution in [-0.2, 0) is 11.2 Å². The summed E-state index contributed by atoms with van der Waals surface area (Å²) >= 11 is 0. The molecule has 0 aromatic heterocycles. The van der Waals surface area contributed by atoms with Crippen molar-refractivity contribution in [1.82, 2.24) is 10.2 Å².